The third-order valence-electron chi connectivity index (χ3n) is 5.90. The van der Waals surface area contributed by atoms with Gasteiger partial charge in [0.25, 0.3) is 0 Å². The Bertz CT molecular complexity index is 928. The average molecular weight is 855 g/mol. The van der Waals surface area contributed by atoms with Crippen molar-refractivity contribution in [3.63, 3.8) is 0 Å². The van der Waals surface area contributed by atoms with E-state index in [-0.39, 0.29) is 84.0 Å². The molecule has 6 N–H and O–H groups in total. The molecule has 19 nitrogen and oxygen atoms in total. The largest absolute Gasteiger partial charge is 0.472 e. The Balaban J connectivity index is -0.000000898. The van der Waals surface area contributed by atoms with E-state index < -0.39 is 35.7 Å². The molecule has 0 aromatic rings. The van der Waals surface area contributed by atoms with E-state index >= 15 is 0 Å². The Hall–Kier alpha value is 0.0500. The third kappa shape index (κ3) is 44.8. The molecule has 0 bridgehead atoms. The normalized spacial score (nSPS) is 15.8. The van der Waals surface area contributed by atoms with E-state index in [0.29, 0.717) is 38.6 Å². The number of phosphoric ester groups is 3. The highest BCUT2D eigenvalue weighted by atomic mass is 31.2. The first kappa shape index (κ1) is 58.4. The minimum Gasteiger partial charge on any atom is -0.396 e. The summed E-state index contributed by atoms with van der Waals surface area (Å²) in [6.45, 7) is 15.6. The van der Waals surface area contributed by atoms with Crippen LogP contribution in [0.4, 0.5) is 0 Å². The standard InChI is InChI=1S/C16H36O11P2.C12H27O7P.C4H10O/c1-14(2)26-28(18,19)24-9-5-7-22-12-16(11-17)13-23-8-6-10-25-29(20,21)27-15(3)4;1-11(2)19-20(15,16)18-7-5-3-4-6-17-10-12(8-13)9-14;1-4(2)5-3/h14-17H,5-13H2,1-4H3,(H,18,19)(H,20,21);11-14H,3-10H2,1-2H3,(H,15,16);4H,1-3H3. The van der Waals surface area contributed by atoms with Crippen LogP contribution in [0.3, 0.4) is 0 Å². The highest BCUT2D eigenvalue weighted by molar-refractivity contribution is 7.47. The Morgan fingerprint density at radius 3 is 1.00 bits per heavy atom. The van der Waals surface area contributed by atoms with Crippen LogP contribution in [0.25, 0.3) is 0 Å². The van der Waals surface area contributed by atoms with Gasteiger partial charge in [0.15, 0.2) is 0 Å². The summed E-state index contributed by atoms with van der Waals surface area (Å²) in [7, 11) is -10.3. The molecule has 0 aromatic carbocycles. The van der Waals surface area contributed by atoms with Crippen LogP contribution >= 0.6 is 23.5 Å². The summed E-state index contributed by atoms with van der Waals surface area (Å²) in [5, 5.41) is 27.0. The zero-order chi connectivity index (χ0) is 42.1. The number of aliphatic hydroxyl groups excluding tert-OH is 3. The van der Waals surface area contributed by atoms with Gasteiger partial charge in [0.05, 0.1) is 83.9 Å². The summed E-state index contributed by atoms with van der Waals surface area (Å²) < 4.78 is 83.8. The van der Waals surface area contributed by atoms with Crippen LogP contribution in [-0.4, -0.2) is 141 Å². The first-order chi connectivity index (χ1) is 25.2. The highest BCUT2D eigenvalue weighted by Crippen LogP contribution is 2.45. The maximum atomic E-state index is 11.5. The van der Waals surface area contributed by atoms with Gasteiger partial charge >= 0.3 is 23.5 Å². The molecule has 0 spiro atoms. The second-order valence-electron chi connectivity index (χ2n) is 12.9. The van der Waals surface area contributed by atoms with Crippen LogP contribution in [-0.2, 0) is 59.8 Å². The summed E-state index contributed by atoms with van der Waals surface area (Å²) in [4.78, 5) is 28.0. The molecule has 0 aliphatic carbocycles. The summed E-state index contributed by atoms with van der Waals surface area (Å²) in [6.07, 6.45) is 2.20. The Morgan fingerprint density at radius 1 is 0.426 bits per heavy atom. The maximum Gasteiger partial charge on any atom is 0.472 e. The molecular weight excluding hydrogens is 781 g/mol. The summed E-state index contributed by atoms with van der Waals surface area (Å²) in [5.74, 6) is -0.468. The molecule has 0 saturated carbocycles. The lowest BCUT2D eigenvalue weighted by Gasteiger charge is -2.16. The zero-order valence-electron chi connectivity index (χ0n) is 33.8. The lowest BCUT2D eigenvalue weighted by atomic mass is 10.2. The van der Waals surface area contributed by atoms with E-state index in [0.717, 1.165) is 12.8 Å². The van der Waals surface area contributed by atoms with Crippen molar-refractivity contribution in [1.29, 1.82) is 0 Å². The van der Waals surface area contributed by atoms with Gasteiger partial charge in [-0.3, -0.25) is 27.1 Å². The summed E-state index contributed by atoms with van der Waals surface area (Å²) in [5.41, 5.74) is 0. The van der Waals surface area contributed by atoms with Crippen LogP contribution in [0.2, 0.25) is 0 Å². The van der Waals surface area contributed by atoms with Crippen LogP contribution < -0.4 is 0 Å². The van der Waals surface area contributed by atoms with Gasteiger partial charge in [-0.25, -0.2) is 13.7 Å². The molecule has 0 heterocycles. The average Bonchev–Trinajstić information content (AvgIpc) is 3.04. The fourth-order valence-electron chi connectivity index (χ4n) is 3.30. The predicted octanol–water partition coefficient (Wildman–Crippen LogP) is 4.85. The lowest BCUT2D eigenvalue weighted by molar-refractivity contribution is 0.00938. The molecule has 0 aliphatic rings. The van der Waals surface area contributed by atoms with Gasteiger partial charge in [0, 0.05) is 38.8 Å². The van der Waals surface area contributed by atoms with Gasteiger partial charge in [0.1, 0.15) is 0 Å². The number of hydrogen-bond donors (Lipinski definition) is 6. The van der Waals surface area contributed by atoms with Gasteiger partial charge in [-0.15, -0.1) is 0 Å². The molecule has 0 aliphatic heterocycles. The third-order valence-corrected chi connectivity index (χ3v) is 9.49. The van der Waals surface area contributed by atoms with Gasteiger partial charge in [0.2, 0.25) is 0 Å². The van der Waals surface area contributed by atoms with Crippen molar-refractivity contribution in [2.24, 2.45) is 11.8 Å². The van der Waals surface area contributed by atoms with Crippen LogP contribution in [0.1, 0.15) is 87.5 Å². The molecule has 0 rings (SSSR count). The quantitative estimate of drug-likeness (QED) is 0.0381. The Labute approximate surface area is 323 Å². The molecule has 54 heavy (non-hydrogen) atoms. The van der Waals surface area contributed by atoms with E-state index in [1.165, 1.54) is 0 Å². The van der Waals surface area contributed by atoms with Crippen molar-refractivity contribution in [3.05, 3.63) is 0 Å². The number of hydrogen-bond acceptors (Lipinski definition) is 16. The van der Waals surface area contributed by atoms with Crippen molar-refractivity contribution < 1.29 is 89.8 Å². The minimum atomic E-state index is -4.03. The predicted molar refractivity (Wildman–Crippen MR) is 202 cm³/mol. The van der Waals surface area contributed by atoms with Gasteiger partial charge in [-0.2, -0.15) is 0 Å². The lowest BCUT2D eigenvalue weighted by Crippen LogP contribution is -2.21. The zero-order valence-corrected chi connectivity index (χ0v) is 36.5. The molecule has 0 aromatic heterocycles. The van der Waals surface area contributed by atoms with E-state index in [9.17, 15) is 33.5 Å². The minimum absolute atomic E-state index is 0.00995. The number of ether oxygens (including phenoxy) is 4. The summed E-state index contributed by atoms with van der Waals surface area (Å²) >= 11 is 0. The number of aliphatic hydroxyl groups is 3. The second kappa shape index (κ2) is 36.2. The molecule has 0 fully saturated rings. The van der Waals surface area contributed by atoms with Crippen molar-refractivity contribution in [1.82, 2.24) is 0 Å². The Kier molecular flexibility index (Phi) is 39.1. The van der Waals surface area contributed by atoms with E-state index in [4.69, 9.17) is 56.3 Å². The Morgan fingerprint density at radius 2 is 0.704 bits per heavy atom. The van der Waals surface area contributed by atoms with Crippen molar-refractivity contribution in [3.8, 4) is 0 Å². The van der Waals surface area contributed by atoms with Gasteiger partial charge in [-0.05, 0) is 87.5 Å². The fourth-order valence-corrected chi connectivity index (χ4v) is 6.16. The molecular formula is C32H73O19P3. The molecule has 3 atom stereocenters. The molecule has 22 heteroatoms. The van der Waals surface area contributed by atoms with Crippen LogP contribution in [0, 0.1) is 11.8 Å². The molecule has 330 valence electrons. The molecule has 0 radical (unpaired) electrons. The maximum absolute atomic E-state index is 11.5. The van der Waals surface area contributed by atoms with E-state index in [1.807, 2.05) is 13.8 Å². The van der Waals surface area contributed by atoms with Gasteiger partial charge < -0.3 is 48.9 Å². The summed E-state index contributed by atoms with van der Waals surface area (Å²) in [6, 6.07) is 0. The topological polar surface area (TPSA) is 265 Å². The molecule has 3 unspecified atom stereocenters. The van der Waals surface area contributed by atoms with Gasteiger partial charge in [-0.1, -0.05) is 0 Å². The van der Waals surface area contributed by atoms with E-state index in [2.05, 4.69) is 0 Å². The number of phosphoric acid groups is 3. The smallest absolute Gasteiger partial charge is 0.396 e. The fraction of sp³-hybridized carbons (Fsp3) is 1.00. The first-order valence-corrected chi connectivity index (χ1v) is 22.7. The number of rotatable bonds is 33. The van der Waals surface area contributed by atoms with Crippen molar-refractivity contribution in [2.45, 2.75) is 112 Å². The van der Waals surface area contributed by atoms with Crippen LogP contribution in [0.15, 0.2) is 0 Å². The second-order valence-corrected chi connectivity index (χ2v) is 17.1. The first-order valence-electron chi connectivity index (χ1n) is 18.2. The SMILES string of the molecule is CC(C)OP(=O)(O)OCCCCCOCC(CO)CO.CC(C)OP(=O)(O)OCCCOCC(CO)COCCCOP(=O)(O)OC(C)C.COC(C)C. The van der Waals surface area contributed by atoms with E-state index in [1.54, 1.807) is 48.7 Å². The van der Waals surface area contributed by atoms with Crippen LogP contribution in [0.5, 0.6) is 0 Å². The molecule has 0 amide bonds. The number of unbranched alkanes of at least 4 members (excludes halogenated alkanes) is 2. The van der Waals surface area contributed by atoms with Crippen molar-refractivity contribution in [2.75, 3.05) is 86.4 Å². The monoisotopic (exact) mass is 854 g/mol. The number of methoxy groups -OCH3 is 1. The van der Waals surface area contributed by atoms with Crippen molar-refractivity contribution >= 4 is 23.5 Å². The highest BCUT2D eigenvalue weighted by Gasteiger charge is 2.24. The molecule has 0 saturated heterocycles.